The topological polar surface area (TPSA) is 46.2 Å². The molecule has 4 bridgehead atoms. The summed E-state index contributed by atoms with van der Waals surface area (Å²) in [6.45, 7) is 2.60. The van der Waals surface area contributed by atoms with E-state index in [1.165, 1.54) is 32.1 Å². The molecule has 1 unspecified atom stereocenters. The largest absolute Gasteiger partial charge is 0.390 e. The van der Waals surface area contributed by atoms with E-state index in [1.807, 2.05) is 6.92 Å². The molecule has 2 nitrogen and oxygen atoms in total. The SMILES string of the molecule is CC(O)(CCN)CC1C2CC3CC(C2)CC1C3. The number of hydrogen-bond acceptors (Lipinski definition) is 2. The van der Waals surface area contributed by atoms with Gasteiger partial charge in [0.2, 0.25) is 0 Å². The van der Waals surface area contributed by atoms with Crippen LogP contribution >= 0.6 is 0 Å². The summed E-state index contributed by atoms with van der Waals surface area (Å²) in [6, 6.07) is 0. The highest BCUT2D eigenvalue weighted by molar-refractivity contribution is 4.99. The third-order valence-corrected chi connectivity index (χ3v) is 5.78. The molecule has 4 aliphatic carbocycles. The second kappa shape index (κ2) is 4.24. The molecule has 0 aromatic rings. The van der Waals surface area contributed by atoms with Gasteiger partial charge in [0.05, 0.1) is 5.60 Å². The Labute approximate surface area is 105 Å². The summed E-state index contributed by atoms with van der Waals surface area (Å²) >= 11 is 0. The standard InChI is InChI=1S/C15H27NO/c1-15(17,2-3-16)9-14-12-5-10-4-11(7-12)8-13(14)6-10/h10-14,17H,2-9,16H2,1H3. The smallest absolute Gasteiger partial charge is 0.0634 e. The first-order chi connectivity index (χ1) is 8.07. The minimum atomic E-state index is -0.519. The molecule has 4 saturated carbocycles. The molecule has 17 heavy (non-hydrogen) atoms. The fourth-order valence-electron chi connectivity index (χ4n) is 5.29. The molecule has 0 aliphatic heterocycles. The van der Waals surface area contributed by atoms with Crippen molar-refractivity contribution in [3.8, 4) is 0 Å². The van der Waals surface area contributed by atoms with E-state index in [0.29, 0.717) is 6.54 Å². The normalized spacial score (nSPS) is 47.1. The summed E-state index contributed by atoms with van der Waals surface area (Å²) in [5.41, 5.74) is 5.09. The van der Waals surface area contributed by atoms with Crippen molar-refractivity contribution < 1.29 is 5.11 Å². The van der Waals surface area contributed by atoms with Crippen LogP contribution < -0.4 is 5.73 Å². The molecule has 0 amide bonds. The van der Waals surface area contributed by atoms with Gasteiger partial charge in [0.25, 0.3) is 0 Å². The number of hydrogen-bond donors (Lipinski definition) is 2. The average Bonchev–Trinajstić information content (AvgIpc) is 2.22. The molecular formula is C15H27NO. The molecule has 4 aliphatic rings. The Hall–Kier alpha value is -0.0800. The van der Waals surface area contributed by atoms with Crippen LogP contribution in [0.1, 0.15) is 51.9 Å². The van der Waals surface area contributed by atoms with Gasteiger partial charge in [-0.25, -0.2) is 0 Å². The van der Waals surface area contributed by atoms with Gasteiger partial charge >= 0.3 is 0 Å². The lowest BCUT2D eigenvalue weighted by atomic mass is 9.50. The maximum atomic E-state index is 10.4. The van der Waals surface area contributed by atoms with Crippen LogP contribution in [-0.4, -0.2) is 17.3 Å². The van der Waals surface area contributed by atoms with Gasteiger partial charge in [0, 0.05) is 0 Å². The number of aliphatic hydroxyl groups is 1. The molecule has 0 aromatic heterocycles. The van der Waals surface area contributed by atoms with Crippen molar-refractivity contribution in [2.45, 2.75) is 57.5 Å². The van der Waals surface area contributed by atoms with Gasteiger partial charge < -0.3 is 10.8 Å². The van der Waals surface area contributed by atoms with Crippen LogP contribution in [0.15, 0.2) is 0 Å². The quantitative estimate of drug-likeness (QED) is 0.789. The molecule has 1 atom stereocenters. The van der Waals surface area contributed by atoms with Crippen LogP contribution in [0.5, 0.6) is 0 Å². The van der Waals surface area contributed by atoms with Crippen molar-refractivity contribution in [3.05, 3.63) is 0 Å². The van der Waals surface area contributed by atoms with Crippen LogP contribution in [0, 0.1) is 29.6 Å². The van der Waals surface area contributed by atoms with Crippen molar-refractivity contribution in [2.75, 3.05) is 6.54 Å². The predicted octanol–water partition coefficient (Wildman–Crippen LogP) is 2.55. The van der Waals surface area contributed by atoms with E-state index in [4.69, 9.17) is 5.73 Å². The van der Waals surface area contributed by atoms with Gasteiger partial charge in [0.15, 0.2) is 0 Å². The first-order valence-corrected chi connectivity index (χ1v) is 7.50. The van der Waals surface area contributed by atoms with Crippen LogP contribution in [-0.2, 0) is 0 Å². The van der Waals surface area contributed by atoms with E-state index in [9.17, 15) is 5.11 Å². The zero-order chi connectivity index (χ0) is 12.0. The highest BCUT2D eigenvalue weighted by Gasteiger charge is 2.49. The van der Waals surface area contributed by atoms with Crippen molar-refractivity contribution in [1.29, 1.82) is 0 Å². The van der Waals surface area contributed by atoms with E-state index < -0.39 is 5.60 Å². The molecule has 0 saturated heterocycles. The van der Waals surface area contributed by atoms with Gasteiger partial charge in [0.1, 0.15) is 0 Å². The van der Waals surface area contributed by atoms with Gasteiger partial charge in [-0.2, -0.15) is 0 Å². The van der Waals surface area contributed by atoms with Gasteiger partial charge in [-0.3, -0.25) is 0 Å². The van der Waals surface area contributed by atoms with Gasteiger partial charge in [-0.05, 0) is 88.0 Å². The van der Waals surface area contributed by atoms with E-state index in [-0.39, 0.29) is 0 Å². The number of nitrogens with two attached hydrogens (primary N) is 1. The summed E-state index contributed by atoms with van der Waals surface area (Å²) in [6.07, 6.45) is 9.09. The van der Waals surface area contributed by atoms with Crippen LogP contribution in [0.25, 0.3) is 0 Å². The van der Waals surface area contributed by atoms with Crippen LogP contribution in [0.4, 0.5) is 0 Å². The van der Waals surface area contributed by atoms with E-state index in [0.717, 1.165) is 42.4 Å². The minimum absolute atomic E-state index is 0.519. The van der Waals surface area contributed by atoms with Crippen molar-refractivity contribution in [2.24, 2.45) is 35.3 Å². The zero-order valence-electron chi connectivity index (χ0n) is 11.1. The lowest BCUT2D eigenvalue weighted by Crippen LogP contribution is -2.47. The van der Waals surface area contributed by atoms with Crippen molar-refractivity contribution >= 4 is 0 Å². The maximum Gasteiger partial charge on any atom is 0.0634 e. The van der Waals surface area contributed by atoms with Crippen LogP contribution in [0.3, 0.4) is 0 Å². The molecule has 4 fully saturated rings. The molecule has 0 spiro atoms. The van der Waals surface area contributed by atoms with Crippen LogP contribution in [0.2, 0.25) is 0 Å². The Bertz CT molecular complexity index is 259. The fraction of sp³-hybridized carbons (Fsp3) is 1.00. The van der Waals surface area contributed by atoms with E-state index in [2.05, 4.69) is 0 Å². The number of rotatable bonds is 4. The molecule has 4 rings (SSSR count). The van der Waals surface area contributed by atoms with Crippen molar-refractivity contribution in [1.82, 2.24) is 0 Å². The first-order valence-electron chi connectivity index (χ1n) is 7.50. The molecule has 0 radical (unpaired) electrons. The Morgan fingerprint density at radius 1 is 1.06 bits per heavy atom. The fourth-order valence-corrected chi connectivity index (χ4v) is 5.29. The molecule has 98 valence electrons. The van der Waals surface area contributed by atoms with Crippen molar-refractivity contribution in [3.63, 3.8) is 0 Å². The zero-order valence-corrected chi connectivity index (χ0v) is 11.1. The summed E-state index contributed by atoms with van der Waals surface area (Å²) in [5.74, 6) is 4.72. The second-order valence-corrected chi connectivity index (χ2v) is 7.33. The minimum Gasteiger partial charge on any atom is -0.390 e. The molecular weight excluding hydrogens is 210 g/mol. The van der Waals surface area contributed by atoms with Gasteiger partial charge in [-0.1, -0.05) is 0 Å². The Morgan fingerprint density at radius 2 is 1.59 bits per heavy atom. The molecule has 3 N–H and O–H groups in total. The maximum absolute atomic E-state index is 10.4. The van der Waals surface area contributed by atoms with E-state index in [1.54, 1.807) is 0 Å². The summed E-state index contributed by atoms with van der Waals surface area (Å²) in [5, 5.41) is 10.4. The highest BCUT2D eigenvalue weighted by Crippen LogP contribution is 2.58. The molecule has 2 heteroatoms. The average molecular weight is 237 g/mol. The Morgan fingerprint density at radius 3 is 2.06 bits per heavy atom. The first kappa shape index (κ1) is 12.0. The monoisotopic (exact) mass is 237 g/mol. The lowest BCUT2D eigenvalue weighted by Gasteiger charge is -2.55. The molecule has 0 heterocycles. The van der Waals surface area contributed by atoms with E-state index >= 15 is 0 Å². The lowest BCUT2D eigenvalue weighted by molar-refractivity contribution is -0.0766. The summed E-state index contributed by atoms with van der Waals surface area (Å²) in [4.78, 5) is 0. The Kier molecular flexibility index (Phi) is 2.99. The summed E-state index contributed by atoms with van der Waals surface area (Å²) < 4.78 is 0. The third-order valence-electron chi connectivity index (χ3n) is 5.78. The summed E-state index contributed by atoms with van der Waals surface area (Å²) in [7, 11) is 0. The third kappa shape index (κ3) is 2.26. The second-order valence-electron chi connectivity index (χ2n) is 7.33. The van der Waals surface area contributed by atoms with Gasteiger partial charge in [-0.15, -0.1) is 0 Å². The highest BCUT2D eigenvalue weighted by atomic mass is 16.3. The molecule has 0 aromatic carbocycles. The predicted molar refractivity (Wildman–Crippen MR) is 69.4 cm³/mol. The Balaban J connectivity index is 1.68.